The number of piperidine rings is 1. The molecule has 0 saturated carbocycles. The first-order valence-corrected chi connectivity index (χ1v) is 14.7. The number of aryl methyl sites for hydroxylation is 3. The number of hydrogen-bond acceptors (Lipinski definition) is 3. The summed E-state index contributed by atoms with van der Waals surface area (Å²) >= 11 is 0. The Morgan fingerprint density at radius 1 is 1.03 bits per heavy atom. The second kappa shape index (κ2) is 11.8. The minimum Gasteiger partial charge on any atom is -0.493 e. The minimum absolute atomic E-state index is 0.0481. The predicted octanol–water partition coefficient (Wildman–Crippen LogP) is 6.31. The van der Waals surface area contributed by atoms with E-state index >= 15 is 0 Å². The molecule has 2 aliphatic rings. The summed E-state index contributed by atoms with van der Waals surface area (Å²) in [6.45, 7) is 7.00. The first-order valence-electron chi connectivity index (χ1n) is 14.7. The number of amides is 2. The van der Waals surface area contributed by atoms with Gasteiger partial charge in [0.05, 0.1) is 6.61 Å². The molecule has 3 heterocycles. The van der Waals surface area contributed by atoms with Crippen LogP contribution in [0.2, 0.25) is 0 Å². The van der Waals surface area contributed by atoms with Gasteiger partial charge in [-0.3, -0.25) is 9.59 Å². The van der Waals surface area contributed by atoms with Crippen LogP contribution in [-0.4, -0.2) is 59.9 Å². The van der Waals surface area contributed by atoms with Crippen molar-refractivity contribution in [2.24, 2.45) is 5.41 Å². The average Bonchev–Trinajstić information content (AvgIpc) is 3.31. The number of para-hydroxylation sites is 1. The molecule has 0 radical (unpaired) electrons. The number of ether oxygens (including phenoxy) is 1. The maximum absolute atomic E-state index is 13.7. The van der Waals surface area contributed by atoms with Crippen molar-refractivity contribution in [3.8, 4) is 5.75 Å². The summed E-state index contributed by atoms with van der Waals surface area (Å²) in [6.07, 6.45) is 8.17. The SMILES string of the molecule is CCc1c(C(=O)N2CCC3(CCCCc4ccccc4OCCCC(=O)N(C)C3)CC2)[nH]c2ccc(C)cc12. The average molecular weight is 530 g/mol. The third-order valence-corrected chi connectivity index (χ3v) is 8.91. The van der Waals surface area contributed by atoms with E-state index in [2.05, 4.69) is 49.2 Å². The van der Waals surface area contributed by atoms with Gasteiger partial charge in [0, 0.05) is 44.0 Å². The van der Waals surface area contributed by atoms with Gasteiger partial charge in [-0.2, -0.15) is 0 Å². The van der Waals surface area contributed by atoms with Gasteiger partial charge in [-0.1, -0.05) is 43.2 Å². The lowest BCUT2D eigenvalue weighted by Crippen LogP contribution is -2.48. The van der Waals surface area contributed by atoms with Gasteiger partial charge in [0.15, 0.2) is 0 Å². The molecule has 208 valence electrons. The van der Waals surface area contributed by atoms with Crippen LogP contribution in [0.25, 0.3) is 10.9 Å². The number of carbonyl (C=O) groups is 2. The molecule has 0 bridgehead atoms. The number of hydrogen-bond donors (Lipinski definition) is 1. The lowest BCUT2D eigenvalue weighted by Gasteiger charge is -2.44. The molecule has 1 N–H and O–H groups in total. The number of aromatic nitrogens is 1. The van der Waals surface area contributed by atoms with Crippen LogP contribution in [0.3, 0.4) is 0 Å². The van der Waals surface area contributed by atoms with Gasteiger partial charge in [-0.05, 0) is 86.6 Å². The Hall–Kier alpha value is -3.28. The lowest BCUT2D eigenvalue weighted by molar-refractivity contribution is -0.132. The Kier molecular flexibility index (Phi) is 8.29. The van der Waals surface area contributed by atoms with Crippen LogP contribution in [-0.2, 0) is 17.6 Å². The molecular formula is C33H43N3O3. The Bertz CT molecular complexity index is 1320. The second-order valence-corrected chi connectivity index (χ2v) is 11.7. The molecular weight excluding hydrogens is 486 g/mol. The number of likely N-dealkylation sites (tertiary alicyclic amines) is 1. The van der Waals surface area contributed by atoms with Crippen LogP contribution in [0.4, 0.5) is 0 Å². The van der Waals surface area contributed by atoms with Crippen molar-refractivity contribution in [3.05, 3.63) is 64.8 Å². The van der Waals surface area contributed by atoms with Gasteiger partial charge >= 0.3 is 0 Å². The monoisotopic (exact) mass is 529 g/mol. The Balaban J connectivity index is 1.30. The van der Waals surface area contributed by atoms with Crippen molar-refractivity contribution in [1.82, 2.24) is 14.8 Å². The van der Waals surface area contributed by atoms with Gasteiger partial charge in [0.25, 0.3) is 5.91 Å². The summed E-state index contributed by atoms with van der Waals surface area (Å²) in [4.78, 5) is 34.1. The highest BCUT2D eigenvalue weighted by molar-refractivity contribution is 6.01. The van der Waals surface area contributed by atoms with E-state index in [1.807, 2.05) is 29.0 Å². The number of nitrogens with one attached hydrogen (secondary N) is 1. The molecule has 0 aliphatic carbocycles. The fraction of sp³-hybridized carbons (Fsp3) is 0.515. The minimum atomic E-state index is 0.0481. The van der Waals surface area contributed by atoms with Crippen LogP contribution in [0, 0.1) is 12.3 Å². The van der Waals surface area contributed by atoms with Crippen molar-refractivity contribution in [1.29, 1.82) is 0 Å². The van der Waals surface area contributed by atoms with Crippen molar-refractivity contribution in [3.63, 3.8) is 0 Å². The normalized spacial score (nSPS) is 19.0. The van der Waals surface area contributed by atoms with Gasteiger partial charge in [0.1, 0.15) is 11.4 Å². The Morgan fingerprint density at radius 3 is 2.62 bits per heavy atom. The summed E-state index contributed by atoms with van der Waals surface area (Å²) in [5, 5.41) is 1.16. The van der Waals surface area contributed by atoms with Crippen molar-refractivity contribution >= 4 is 22.7 Å². The molecule has 5 rings (SSSR count). The van der Waals surface area contributed by atoms with Crippen LogP contribution >= 0.6 is 0 Å². The van der Waals surface area contributed by atoms with Crippen molar-refractivity contribution in [2.45, 2.75) is 71.6 Å². The van der Waals surface area contributed by atoms with Gasteiger partial charge in [-0.25, -0.2) is 0 Å². The van der Waals surface area contributed by atoms with E-state index < -0.39 is 0 Å². The smallest absolute Gasteiger partial charge is 0.270 e. The van der Waals surface area contributed by atoms with E-state index in [0.29, 0.717) is 13.0 Å². The molecule has 3 aromatic rings. The molecule has 2 aliphatic heterocycles. The van der Waals surface area contributed by atoms with Crippen LogP contribution in [0.1, 0.15) is 79.0 Å². The number of carbonyl (C=O) groups excluding carboxylic acids is 2. The lowest BCUT2D eigenvalue weighted by atomic mass is 9.73. The number of benzene rings is 2. The maximum atomic E-state index is 13.7. The first-order chi connectivity index (χ1) is 18.9. The molecule has 1 fully saturated rings. The molecule has 6 nitrogen and oxygen atoms in total. The highest BCUT2D eigenvalue weighted by Crippen LogP contribution is 2.39. The predicted molar refractivity (Wildman–Crippen MR) is 156 cm³/mol. The number of nitrogens with zero attached hydrogens (tertiary/aromatic N) is 2. The van der Waals surface area contributed by atoms with Crippen LogP contribution in [0.5, 0.6) is 5.75 Å². The molecule has 1 spiro atoms. The number of fused-ring (bicyclic) bond motifs is 2. The number of aromatic amines is 1. The Morgan fingerprint density at radius 2 is 1.82 bits per heavy atom. The zero-order chi connectivity index (χ0) is 27.4. The van der Waals surface area contributed by atoms with E-state index in [1.165, 1.54) is 11.1 Å². The third-order valence-electron chi connectivity index (χ3n) is 8.91. The maximum Gasteiger partial charge on any atom is 0.270 e. The standard InChI is InChI=1S/C33H43N3O3/c1-4-26-27-22-24(2)14-15-28(27)34-31(26)32(38)36-19-17-33(18-20-36)16-8-7-11-25-10-5-6-12-29(25)39-21-9-13-30(37)35(3)23-33/h5-6,10,12,14-15,22,34H,4,7-9,11,13,16-21,23H2,1-3H3. The highest BCUT2D eigenvalue weighted by Gasteiger charge is 2.38. The summed E-state index contributed by atoms with van der Waals surface area (Å²) in [5.74, 6) is 1.25. The molecule has 2 amide bonds. The molecule has 0 unspecified atom stereocenters. The molecule has 1 saturated heterocycles. The highest BCUT2D eigenvalue weighted by atomic mass is 16.5. The van der Waals surface area contributed by atoms with Gasteiger partial charge in [0.2, 0.25) is 5.91 Å². The second-order valence-electron chi connectivity index (χ2n) is 11.7. The summed E-state index contributed by atoms with van der Waals surface area (Å²) in [6, 6.07) is 14.7. The van der Waals surface area contributed by atoms with Crippen molar-refractivity contribution < 1.29 is 14.3 Å². The van der Waals surface area contributed by atoms with Crippen LogP contribution < -0.4 is 4.74 Å². The van der Waals surface area contributed by atoms with E-state index in [0.717, 1.165) is 98.9 Å². The molecule has 2 aromatic carbocycles. The van der Waals surface area contributed by atoms with E-state index in [1.54, 1.807) is 0 Å². The number of H-pyrrole nitrogens is 1. The summed E-state index contributed by atoms with van der Waals surface area (Å²) in [5.41, 5.74) is 5.41. The van der Waals surface area contributed by atoms with Crippen LogP contribution in [0.15, 0.2) is 42.5 Å². The molecule has 1 aromatic heterocycles. The summed E-state index contributed by atoms with van der Waals surface area (Å²) in [7, 11) is 1.95. The fourth-order valence-corrected chi connectivity index (χ4v) is 6.60. The molecule has 39 heavy (non-hydrogen) atoms. The van der Waals surface area contributed by atoms with Crippen molar-refractivity contribution in [2.75, 3.05) is 33.3 Å². The number of rotatable bonds is 2. The zero-order valence-corrected chi connectivity index (χ0v) is 23.9. The quantitative estimate of drug-likeness (QED) is 0.423. The largest absolute Gasteiger partial charge is 0.493 e. The third kappa shape index (κ3) is 6.00. The topological polar surface area (TPSA) is 65.6 Å². The molecule has 6 heteroatoms. The van der Waals surface area contributed by atoms with E-state index in [9.17, 15) is 9.59 Å². The fourth-order valence-electron chi connectivity index (χ4n) is 6.60. The van der Waals surface area contributed by atoms with Gasteiger partial charge in [-0.15, -0.1) is 0 Å². The zero-order valence-electron chi connectivity index (χ0n) is 23.9. The Labute approximate surface area is 232 Å². The first kappa shape index (κ1) is 27.3. The summed E-state index contributed by atoms with van der Waals surface area (Å²) < 4.78 is 6.03. The van der Waals surface area contributed by atoms with Gasteiger partial charge < -0.3 is 19.5 Å². The van der Waals surface area contributed by atoms with E-state index in [4.69, 9.17) is 4.74 Å². The molecule has 0 atom stereocenters. The van der Waals surface area contributed by atoms with E-state index in [-0.39, 0.29) is 17.2 Å².